The van der Waals surface area contributed by atoms with Crippen molar-refractivity contribution in [1.82, 2.24) is 29.5 Å². The summed E-state index contributed by atoms with van der Waals surface area (Å²) in [6.45, 7) is 4.29. The van der Waals surface area contributed by atoms with Gasteiger partial charge in [-0.2, -0.15) is 15.5 Å². The summed E-state index contributed by atoms with van der Waals surface area (Å²) in [5.74, 6) is 1.87. The number of aromatic nitrogens is 6. The van der Waals surface area contributed by atoms with Gasteiger partial charge in [0.05, 0.1) is 28.0 Å². The first kappa shape index (κ1) is 23.9. The number of hydrogen-bond acceptors (Lipinski definition) is 6. The molecule has 1 aromatic carbocycles. The number of aryl methyl sites for hydroxylation is 2. The summed E-state index contributed by atoms with van der Waals surface area (Å²) in [7, 11) is 0. The maximum absolute atomic E-state index is 13.6. The first-order valence-corrected chi connectivity index (χ1v) is 11.9. The summed E-state index contributed by atoms with van der Waals surface area (Å²) >= 11 is 6.05. The van der Waals surface area contributed by atoms with Gasteiger partial charge in [0.2, 0.25) is 0 Å². The van der Waals surface area contributed by atoms with Crippen LogP contribution in [0.5, 0.6) is 0 Å². The molecule has 8 nitrogen and oxygen atoms in total. The lowest BCUT2D eigenvalue weighted by Crippen LogP contribution is -2.07. The molecule has 1 aliphatic carbocycles. The average molecular weight is 509 g/mol. The van der Waals surface area contributed by atoms with Gasteiger partial charge < -0.3 is 5.32 Å². The summed E-state index contributed by atoms with van der Waals surface area (Å²) in [5.41, 5.74) is 3.27. The molecule has 0 spiro atoms. The lowest BCUT2D eigenvalue weighted by Gasteiger charge is -2.08. The summed E-state index contributed by atoms with van der Waals surface area (Å²) in [6, 6.07) is 11.1. The molecular formula is C25H23ClF2N8. The van der Waals surface area contributed by atoms with Crippen LogP contribution in [0, 0.1) is 31.1 Å². The van der Waals surface area contributed by atoms with Crippen LogP contribution in [0.25, 0.3) is 17.1 Å². The minimum atomic E-state index is -2.82. The van der Waals surface area contributed by atoms with Crippen molar-refractivity contribution in [2.75, 3.05) is 5.32 Å². The Morgan fingerprint density at radius 1 is 1.17 bits per heavy atom. The fourth-order valence-electron chi connectivity index (χ4n) is 4.15. The molecule has 184 valence electrons. The second-order valence-corrected chi connectivity index (χ2v) is 9.23. The van der Waals surface area contributed by atoms with Crippen molar-refractivity contribution >= 4 is 23.2 Å². The number of nitrogens with one attached hydrogen (secondary N) is 1. The zero-order chi connectivity index (χ0) is 25.4. The molecule has 36 heavy (non-hydrogen) atoms. The van der Waals surface area contributed by atoms with Crippen molar-refractivity contribution < 1.29 is 8.78 Å². The highest BCUT2D eigenvalue weighted by molar-refractivity contribution is 6.31. The lowest BCUT2D eigenvalue weighted by atomic mass is 10.1. The van der Waals surface area contributed by atoms with Crippen molar-refractivity contribution in [3.8, 4) is 23.1 Å². The van der Waals surface area contributed by atoms with Crippen molar-refractivity contribution in [2.45, 2.75) is 46.1 Å². The van der Waals surface area contributed by atoms with Gasteiger partial charge >= 0.3 is 0 Å². The van der Waals surface area contributed by atoms with Gasteiger partial charge in [0.1, 0.15) is 17.8 Å². The van der Waals surface area contributed by atoms with Crippen molar-refractivity contribution in [2.24, 2.45) is 5.92 Å². The number of anilines is 2. The Morgan fingerprint density at radius 3 is 2.58 bits per heavy atom. The maximum Gasteiger partial charge on any atom is 0.282 e. The number of nitriles is 1. The van der Waals surface area contributed by atoms with Gasteiger partial charge in [-0.25, -0.2) is 23.4 Å². The Balaban J connectivity index is 1.49. The monoisotopic (exact) mass is 508 g/mol. The average Bonchev–Trinajstić information content (AvgIpc) is 3.59. The molecule has 0 radical (unpaired) electrons. The van der Waals surface area contributed by atoms with Crippen LogP contribution in [0.2, 0.25) is 5.02 Å². The minimum absolute atomic E-state index is 0.0876. The molecule has 0 atom stereocenters. The van der Waals surface area contributed by atoms with Gasteiger partial charge in [-0.15, -0.1) is 0 Å². The number of benzene rings is 1. The van der Waals surface area contributed by atoms with Crippen molar-refractivity contribution in [3.05, 3.63) is 64.2 Å². The van der Waals surface area contributed by atoms with Gasteiger partial charge in [-0.05, 0) is 38.3 Å². The predicted octanol–water partition coefficient (Wildman–Crippen LogP) is 6.15. The normalized spacial score (nSPS) is 13.2. The van der Waals surface area contributed by atoms with E-state index in [0.717, 1.165) is 40.4 Å². The summed E-state index contributed by atoms with van der Waals surface area (Å²) in [4.78, 5) is 8.37. The Kier molecular flexibility index (Phi) is 6.41. The smallest absolute Gasteiger partial charge is 0.282 e. The zero-order valence-electron chi connectivity index (χ0n) is 19.7. The van der Waals surface area contributed by atoms with Gasteiger partial charge in [0, 0.05) is 23.7 Å². The molecule has 1 N–H and O–H groups in total. The number of nitrogens with zero attached hydrogens (tertiary/aromatic N) is 7. The third kappa shape index (κ3) is 4.66. The van der Waals surface area contributed by atoms with E-state index in [1.807, 2.05) is 23.7 Å². The lowest BCUT2D eigenvalue weighted by molar-refractivity contribution is 0.142. The standard InChI is InChI=1S/C25H23ClF2N8/c1-14-22(18-7-5-17(12-29)6-8-18)35(10-9-16-3-4-16)34-25(14)32-19-11-20(31-13-30-19)36-23(24(27)28)21(26)15(2)33-36/h5-8,11,13,16,24H,3-4,9-10H2,1-2H3,(H,30,31,32,34). The third-order valence-electron chi connectivity index (χ3n) is 6.27. The molecule has 3 heterocycles. The van der Waals surface area contributed by atoms with E-state index in [0.29, 0.717) is 17.2 Å². The van der Waals surface area contributed by atoms with Crippen molar-refractivity contribution in [3.63, 3.8) is 0 Å². The first-order valence-electron chi connectivity index (χ1n) is 11.6. The summed E-state index contributed by atoms with van der Waals surface area (Å²) in [6.07, 6.45) is 2.00. The van der Waals surface area contributed by atoms with Gasteiger partial charge in [-0.1, -0.05) is 36.6 Å². The second-order valence-electron chi connectivity index (χ2n) is 8.85. The van der Waals surface area contributed by atoms with E-state index in [4.69, 9.17) is 22.0 Å². The molecular weight excluding hydrogens is 486 g/mol. The van der Waals surface area contributed by atoms with Crippen molar-refractivity contribution in [1.29, 1.82) is 5.26 Å². The number of halogens is 3. The molecule has 1 saturated carbocycles. The molecule has 1 aliphatic rings. The molecule has 1 fully saturated rings. The molecule has 4 aromatic rings. The van der Waals surface area contributed by atoms with Crippen LogP contribution in [-0.2, 0) is 6.54 Å². The molecule has 0 amide bonds. The van der Waals surface area contributed by atoms with Gasteiger partial charge in [-0.3, -0.25) is 4.68 Å². The van der Waals surface area contributed by atoms with Crippen LogP contribution >= 0.6 is 11.6 Å². The van der Waals surface area contributed by atoms with E-state index in [1.54, 1.807) is 19.1 Å². The van der Waals surface area contributed by atoms with Gasteiger partial charge in [0.15, 0.2) is 11.6 Å². The summed E-state index contributed by atoms with van der Waals surface area (Å²) < 4.78 is 30.3. The molecule has 0 aliphatic heterocycles. The quantitative estimate of drug-likeness (QED) is 0.306. The summed E-state index contributed by atoms with van der Waals surface area (Å²) in [5, 5.41) is 21.2. The highest BCUT2D eigenvalue weighted by Gasteiger charge is 2.25. The topological polar surface area (TPSA) is 97.2 Å². The zero-order valence-corrected chi connectivity index (χ0v) is 20.5. The predicted molar refractivity (Wildman–Crippen MR) is 132 cm³/mol. The van der Waals surface area contributed by atoms with Crippen LogP contribution in [0.4, 0.5) is 20.4 Å². The van der Waals surface area contributed by atoms with Crippen LogP contribution in [0.3, 0.4) is 0 Å². The highest BCUT2D eigenvalue weighted by Crippen LogP contribution is 2.36. The fraction of sp³-hybridized carbons (Fsp3) is 0.320. The Bertz CT molecular complexity index is 1450. The maximum atomic E-state index is 13.6. The van der Waals surface area contributed by atoms with E-state index < -0.39 is 12.1 Å². The molecule has 0 unspecified atom stereocenters. The largest absolute Gasteiger partial charge is 0.323 e. The molecule has 5 rings (SSSR count). The molecule has 3 aromatic heterocycles. The fourth-order valence-corrected chi connectivity index (χ4v) is 4.35. The van der Waals surface area contributed by atoms with E-state index in [-0.39, 0.29) is 16.5 Å². The van der Waals surface area contributed by atoms with E-state index in [1.165, 1.54) is 25.2 Å². The van der Waals surface area contributed by atoms with Crippen LogP contribution in [0.15, 0.2) is 36.7 Å². The SMILES string of the molecule is Cc1nn(-c2cc(Nc3nn(CCC4CC4)c(-c4ccc(C#N)cc4)c3C)ncn2)c(C(F)F)c1Cl. The highest BCUT2D eigenvalue weighted by atomic mass is 35.5. The van der Waals surface area contributed by atoms with E-state index in [2.05, 4.69) is 26.5 Å². The van der Waals surface area contributed by atoms with Crippen LogP contribution in [-0.4, -0.2) is 29.5 Å². The van der Waals surface area contributed by atoms with Crippen LogP contribution < -0.4 is 5.32 Å². The Hall–Kier alpha value is -3.84. The number of hydrogen-bond donors (Lipinski definition) is 1. The third-order valence-corrected chi connectivity index (χ3v) is 6.73. The molecule has 0 bridgehead atoms. The first-order chi connectivity index (χ1) is 17.4. The van der Waals surface area contributed by atoms with E-state index in [9.17, 15) is 8.78 Å². The Morgan fingerprint density at radius 2 is 1.92 bits per heavy atom. The molecule has 0 saturated heterocycles. The van der Waals surface area contributed by atoms with E-state index >= 15 is 0 Å². The second kappa shape index (κ2) is 9.66. The number of rotatable bonds is 8. The minimum Gasteiger partial charge on any atom is -0.323 e. The molecule has 11 heteroatoms. The van der Waals surface area contributed by atoms with Gasteiger partial charge in [0.25, 0.3) is 6.43 Å². The van der Waals surface area contributed by atoms with Crippen LogP contribution in [0.1, 0.15) is 48.2 Å². The Labute approximate surface area is 211 Å². The number of alkyl halides is 2.